The quantitative estimate of drug-likeness (QED) is 0.289. The summed E-state index contributed by atoms with van der Waals surface area (Å²) in [6.45, 7) is 4.65. The molecule has 0 aliphatic heterocycles. The number of carbonyl (C=O) groups excluding carboxylic acids is 2. The monoisotopic (exact) mass is 641 g/mol. The molecule has 0 bridgehead atoms. The van der Waals surface area contributed by atoms with E-state index in [1.807, 2.05) is 51.1 Å². The number of amides is 2. The van der Waals surface area contributed by atoms with E-state index in [-0.39, 0.29) is 28.7 Å². The van der Waals surface area contributed by atoms with Crippen LogP contribution < -0.4 is 9.62 Å². The molecule has 3 aromatic rings. The van der Waals surface area contributed by atoms with Crippen LogP contribution in [-0.4, -0.2) is 49.5 Å². The molecule has 1 N–H and O–H groups in total. The molecule has 0 saturated heterocycles. The van der Waals surface area contributed by atoms with Crippen LogP contribution in [0.3, 0.4) is 0 Å². The van der Waals surface area contributed by atoms with Gasteiger partial charge in [0.25, 0.3) is 0 Å². The zero-order chi connectivity index (χ0) is 30.5. The van der Waals surface area contributed by atoms with Crippen LogP contribution in [0, 0.1) is 5.82 Å². The zero-order valence-corrected chi connectivity index (χ0v) is 26.1. The van der Waals surface area contributed by atoms with E-state index in [1.165, 1.54) is 17.0 Å². The smallest absolute Gasteiger partial charge is 0.244 e. The van der Waals surface area contributed by atoms with Gasteiger partial charge in [0.15, 0.2) is 0 Å². The lowest BCUT2D eigenvalue weighted by molar-refractivity contribution is -0.140. The number of carbonyl (C=O) groups is 2. The van der Waals surface area contributed by atoms with Crippen LogP contribution in [0.2, 0.25) is 15.1 Å². The van der Waals surface area contributed by atoms with Crippen molar-refractivity contribution in [1.29, 1.82) is 0 Å². The molecule has 0 saturated carbocycles. The molecule has 7 nitrogen and oxygen atoms in total. The van der Waals surface area contributed by atoms with Gasteiger partial charge >= 0.3 is 0 Å². The molecule has 0 heterocycles. The van der Waals surface area contributed by atoms with Crippen LogP contribution in [0.1, 0.15) is 31.9 Å². The normalized spacial score (nSPS) is 12.5. The molecule has 0 aliphatic carbocycles. The van der Waals surface area contributed by atoms with E-state index in [4.69, 9.17) is 34.8 Å². The van der Waals surface area contributed by atoms with Gasteiger partial charge in [0.1, 0.15) is 18.4 Å². The van der Waals surface area contributed by atoms with Crippen LogP contribution in [0.4, 0.5) is 10.1 Å². The van der Waals surface area contributed by atoms with Crippen LogP contribution >= 0.6 is 34.8 Å². The maximum atomic E-state index is 14.1. The molecule has 3 rings (SSSR count). The third-order valence-corrected chi connectivity index (χ3v) is 8.01. The minimum atomic E-state index is -4.04. The zero-order valence-electron chi connectivity index (χ0n) is 23.0. The molecule has 41 heavy (non-hydrogen) atoms. The predicted octanol–water partition coefficient (Wildman–Crippen LogP) is 6.11. The Hall–Kier alpha value is -2.85. The van der Waals surface area contributed by atoms with Gasteiger partial charge in [-0.15, -0.1) is 0 Å². The first-order valence-electron chi connectivity index (χ1n) is 12.6. The SMILES string of the molecule is CC(C)(C)NC(=O)[C@@H](Cc1ccccc1)N(Cc1ccc(Cl)cc1Cl)C(=O)CN(c1ccc(F)c(Cl)c1)S(C)(=O)=O. The number of benzene rings is 3. The van der Waals surface area contributed by atoms with E-state index in [1.54, 1.807) is 12.1 Å². The summed E-state index contributed by atoms with van der Waals surface area (Å²) >= 11 is 18.5. The molecule has 3 aromatic carbocycles. The summed E-state index contributed by atoms with van der Waals surface area (Å²) in [6, 6.07) is 16.2. The maximum absolute atomic E-state index is 14.1. The van der Waals surface area contributed by atoms with Crippen molar-refractivity contribution in [2.45, 2.75) is 45.3 Å². The van der Waals surface area contributed by atoms with Gasteiger partial charge in [-0.1, -0.05) is 71.2 Å². The number of hydrogen-bond donors (Lipinski definition) is 1. The maximum Gasteiger partial charge on any atom is 0.244 e. The van der Waals surface area contributed by atoms with Crippen molar-refractivity contribution in [1.82, 2.24) is 10.2 Å². The van der Waals surface area contributed by atoms with Gasteiger partial charge < -0.3 is 10.2 Å². The van der Waals surface area contributed by atoms with Gasteiger partial charge in [-0.05, 0) is 62.2 Å². The third kappa shape index (κ3) is 9.33. The van der Waals surface area contributed by atoms with Gasteiger partial charge in [-0.2, -0.15) is 0 Å². The second-order valence-corrected chi connectivity index (χ2v) is 13.7. The number of hydrogen-bond acceptors (Lipinski definition) is 4. The van der Waals surface area contributed by atoms with E-state index < -0.39 is 45.8 Å². The summed E-state index contributed by atoms with van der Waals surface area (Å²) in [6.07, 6.45) is 1.06. The number of nitrogens with zero attached hydrogens (tertiary/aromatic N) is 2. The van der Waals surface area contributed by atoms with Crippen LogP contribution in [-0.2, 0) is 32.6 Å². The minimum Gasteiger partial charge on any atom is -0.350 e. The second kappa shape index (κ2) is 13.4. The van der Waals surface area contributed by atoms with Crippen LogP contribution in [0.5, 0.6) is 0 Å². The average Bonchev–Trinajstić information content (AvgIpc) is 2.86. The Balaban J connectivity index is 2.11. The first-order valence-corrected chi connectivity index (χ1v) is 15.6. The molecule has 0 unspecified atom stereocenters. The molecular weight excluding hydrogens is 612 g/mol. The topological polar surface area (TPSA) is 86.8 Å². The summed E-state index contributed by atoms with van der Waals surface area (Å²) in [5, 5.41) is 3.29. The number of nitrogens with one attached hydrogen (secondary N) is 1. The van der Waals surface area contributed by atoms with Crippen molar-refractivity contribution < 1.29 is 22.4 Å². The molecule has 12 heteroatoms. The Labute approximate surface area is 255 Å². The van der Waals surface area contributed by atoms with E-state index in [2.05, 4.69) is 5.32 Å². The molecule has 0 spiro atoms. The Morgan fingerprint density at radius 2 is 1.61 bits per heavy atom. The molecule has 220 valence electrons. The van der Waals surface area contributed by atoms with Crippen molar-refractivity contribution in [3.05, 3.63) is 98.7 Å². The number of halogens is 4. The van der Waals surface area contributed by atoms with Crippen molar-refractivity contribution in [3.8, 4) is 0 Å². The van der Waals surface area contributed by atoms with E-state index in [0.29, 0.717) is 10.6 Å². The lowest BCUT2D eigenvalue weighted by Gasteiger charge is -2.35. The lowest BCUT2D eigenvalue weighted by atomic mass is 10.0. The summed E-state index contributed by atoms with van der Waals surface area (Å²) in [7, 11) is -4.04. The first kappa shape index (κ1) is 32.7. The average molecular weight is 643 g/mol. The van der Waals surface area contributed by atoms with Crippen molar-refractivity contribution in [2.24, 2.45) is 0 Å². The molecule has 1 atom stereocenters. The number of rotatable bonds is 10. The summed E-state index contributed by atoms with van der Waals surface area (Å²) in [5.41, 5.74) is 0.659. The van der Waals surface area contributed by atoms with E-state index in [9.17, 15) is 22.4 Å². The third-order valence-electron chi connectivity index (χ3n) is 6.00. The standard InChI is InChI=1S/C29H31Cl3FN3O4S/c1-29(2,3)34-28(38)26(14-19-8-6-5-7-9-19)35(17-20-10-11-21(30)15-23(20)31)27(37)18-36(41(4,39)40)22-12-13-25(33)24(32)16-22/h5-13,15-16,26H,14,17-18H2,1-4H3,(H,34,38)/t26-/m1/s1. The first-order chi connectivity index (χ1) is 19.0. The number of sulfonamides is 1. The highest BCUT2D eigenvalue weighted by atomic mass is 35.5. The van der Waals surface area contributed by atoms with Gasteiger partial charge in [-0.3, -0.25) is 13.9 Å². The van der Waals surface area contributed by atoms with Gasteiger partial charge in [0.05, 0.1) is 17.0 Å². The lowest BCUT2D eigenvalue weighted by Crippen LogP contribution is -2.56. The van der Waals surface area contributed by atoms with Crippen molar-refractivity contribution in [3.63, 3.8) is 0 Å². The molecule has 0 fully saturated rings. The Kier molecular flexibility index (Phi) is 10.7. The van der Waals surface area contributed by atoms with Crippen LogP contribution in [0.15, 0.2) is 66.7 Å². The minimum absolute atomic E-state index is 0.00419. The molecule has 0 aliphatic rings. The fourth-order valence-corrected chi connectivity index (χ4v) is 5.58. The molecular formula is C29H31Cl3FN3O4S. The Morgan fingerprint density at radius 3 is 2.17 bits per heavy atom. The van der Waals surface area contributed by atoms with Crippen LogP contribution in [0.25, 0.3) is 0 Å². The molecule has 0 aromatic heterocycles. The Morgan fingerprint density at radius 1 is 0.951 bits per heavy atom. The summed E-state index contributed by atoms with van der Waals surface area (Å²) < 4.78 is 40.3. The molecule has 0 radical (unpaired) electrons. The second-order valence-electron chi connectivity index (χ2n) is 10.6. The van der Waals surface area contributed by atoms with E-state index >= 15 is 0 Å². The summed E-state index contributed by atoms with van der Waals surface area (Å²) in [5.74, 6) is -1.86. The summed E-state index contributed by atoms with van der Waals surface area (Å²) in [4.78, 5) is 29.1. The van der Waals surface area contributed by atoms with Crippen molar-refractivity contribution in [2.75, 3.05) is 17.1 Å². The van der Waals surface area contributed by atoms with Gasteiger partial charge in [-0.25, -0.2) is 12.8 Å². The fraction of sp³-hybridized carbons (Fsp3) is 0.310. The fourth-order valence-electron chi connectivity index (χ4n) is 4.09. The highest BCUT2D eigenvalue weighted by Gasteiger charge is 2.34. The van der Waals surface area contributed by atoms with E-state index in [0.717, 1.165) is 28.3 Å². The Bertz CT molecular complexity index is 1520. The molecule has 2 amide bonds. The highest BCUT2D eigenvalue weighted by Crippen LogP contribution is 2.27. The largest absolute Gasteiger partial charge is 0.350 e. The van der Waals surface area contributed by atoms with Crippen molar-refractivity contribution >= 4 is 62.3 Å². The number of anilines is 1. The van der Waals surface area contributed by atoms with Gasteiger partial charge in [0, 0.05) is 28.5 Å². The highest BCUT2D eigenvalue weighted by molar-refractivity contribution is 7.92. The van der Waals surface area contributed by atoms with Gasteiger partial charge in [0.2, 0.25) is 21.8 Å². The predicted molar refractivity (Wildman–Crippen MR) is 162 cm³/mol.